The molecular weight excluding hydrogens is 326 g/mol. The summed E-state index contributed by atoms with van der Waals surface area (Å²) < 4.78 is 0. The molecule has 0 radical (unpaired) electrons. The Morgan fingerprint density at radius 2 is 1.23 bits per heavy atom. The summed E-state index contributed by atoms with van der Waals surface area (Å²) in [6, 6.07) is 18.9. The van der Waals surface area contributed by atoms with Gasteiger partial charge in [0.05, 0.1) is 23.0 Å². The van der Waals surface area contributed by atoms with Crippen molar-refractivity contribution in [1.29, 1.82) is 15.8 Å². The molecule has 26 heavy (non-hydrogen) atoms. The summed E-state index contributed by atoms with van der Waals surface area (Å²) >= 11 is 0. The first kappa shape index (κ1) is 15.1. The topological polar surface area (TPSA) is 121 Å². The first-order chi connectivity index (χ1) is 12.7. The molecule has 0 spiro atoms. The highest BCUT2D eigenvalue weighted by Crippen LogP contribution is 2.38. The molecule has 1 aliphatic rings. The second kappa shape index (κ2) is 5.90. The minimum Gasteiger partial charge on any atom is -0.335 e. The van der Waals surface area contributed by atoms with Gasteiger partial charge in [0.2, 0.25) is 0 Å². The average Bonchev–Trinajstić information content (AvgIpc) is 2.70. The predicted molar refractivity (Wildman–Crippen MR) is 94.6 cm³/mol. The summed E-state index contributed by atoms with van der Waals surface area (Å²) in [5.74, 6) is 0.796. The fourth-order valence-corrected chi connectivity index (χ4v) is 2.69. The number of hydrogen-bond acceptors (Lipinski definition) is 7. The van der Waals surface area contributed by atoms with Gasteiger partial charge in [0.1, 0.15) is 12.1 Å². The van der Waals surface area contributed by atoms with E-state index in [1.807, 2.05) is 42.5 Å². The molecular formula is C19H9N7. The lowest BCUT2D eigenvalue weighted by molar-refractivity contribution is 1.12. The average molecular weight is 335 g/mol. The molecule has 0 unspecified atom stereocenters. The zero-order valence-electron chi connectivity index (χ0n) is 13.3. The standard InChI is InChI=1S/C19H9N7/c20-8-11-1-3-12(4-2-11)13-5-6-14-15(7-13)24-19-18(23-14)25-16(9-21)17(10-22)26-19/h1-7H,(H,23,25)(H,24,26). The van der Waals surface area contributed by atoms with Crippen LogP contribution >= 0.6 is 0 Å². The van der Waals surface area contributed by atoms with Crippen molar-refractivity contribution in [2.24, 2.45) is 0 Å². The number of benzene rings is 2. The van der Waals surface area contributed by atoms with Gasteiger partial charge in [-0.15, -0.1) is 0 Å². The third-order valence-electron chi connectivity index (χ3n) is 3.98. The molecule has 1 aromatic heterocycles. The van der Waals surface area contributed by atoms with Crippen LogP contribution in [0.15, 0.2) is 42.5 Å². The van der Waals surface area contributed by atoms with Gasteiger partial charge in [0.15, 0.2) is 23.0 Å². The summed E-state index contributed by atoms with van der Waals surface area (Å²) in [6.45, 7) is 0. The van der Waals surface area contributed by atoms with Gasteiger partial charge in [-0.05, 0) is 35.4 Å². The Bertz CT molecular complexity index is 1160. The fraction of sp³-hybridized carbons (Fsp3) is 0. The van der Waals surface area contributed by atoms with Crippen molar-refractivity contribution in [3.8, 4) is 29.3 Å². The highest BCUT2D eigenvalue weighted by atomic mass is 15.2. The van der Waals surface area contributed by atoms with Gasteiger partial charge < -0.3 is 10.6 Å². The highest BCUT2D eigenvalue weighted by Gasteiger charge is 2.20. The van der Waals surface area contributed by atoms with E-state index in [0.717, 1.165) is 22.5 Å². The third kappa shape index (κ3) is 2.45. The van der Waals surface area contributed by atoms with E-state index in [-0.39, 0.29) is 11.4 Å². The van der Waals surface area contributed by atoms with Crippen LogP contribution in [0.3, 0.4) is 0 Å². The normalized spacial score (nSPS) is 10.8. The largest absolute Gasteiger partial charge is 0.335 e. The fourth-order valence-electron chi connectivity index (χ4n) is 2.69. The van der Waals surface area contributed by atoms with Gasteiger partial charge in [-0.3, -0.25) is 0 Å². The molecule has 3 aromatic rings. The Labute approximate surface area is 148 Å². The van der Waals surface area contributed by atoms with Crippen LogP contribution in [0, 0.1) is 34.0 Å². The molecule has 7 heteroatoms. The number of rotatable bonds is 1. The van der Waals surface area contributed by atoms with Crippen LogP contribution in [0.5, 0.6) is 0 Å². The van der Waals surface area contributed by atoms with E-state index >= 15 is 0 Å². The summed E-state index contributed by atoms with van der Waals surface area (Å²) in [6.07, 6.45) is 0. The molecule has 2 N–H and O–H groups in total. The van der Waals surface area contributed by atoms with Crippen molar-refractivity contribution in [2.75, 3.05) is 10.6 Å². The first-order valence-corrected chi connectivity index (χ1v) is 7.62. The van der Waals surface area contributed by atoms with Crippen LogP contribution in [0.2, 0.25) is 0 Å². The van der Waals surface area contributed by atoms with Gasteiger partial charge in [-0.2, -0.15) is 15.8 Å². The summed E-state index contributed by atoms with van der Waals surface area (Å²) in [5, 5.41) is 33.4. The molecule has 0 amide bonds. The van der Waals surface area contributed by atoms with Crippen molar-refractivity contribution in [1.82, 2.24) is 9.97 Å². The number of nitriles is 3. The van der Waals surface area contributed by atoms with Gasteiger partial charge in [-0.1, -0.05) is 18.2 Å². The number of fused-ring (bicyclic) bond motifs is 2. The Hall–Kier alpha value is -4.41. The number of anilines is 4. The molecule has 0 bridgehead atoms. The molecule has 4 rings (SSSR count). The monoisotopic (exact) mass is 335 g/mol. The summed E-state index contributed by atoms with van der Waals surface area (Å²) in [4.78, 5) is 8.32. The Balaban J connectivity index is 1.73. The van der Waals surface area contributed by atoms with Gasteiger partial charge >= 0.3 is 0 Å². The van der Waals surface area contributed by atoms with Crippen LogP contribution in [0.25, 0.3) is 11.1 Å². The molecule has 0 fully saturated rings. The van der Waals surface area contributed by atoms with E-state index in [2.05, 4.69) is 26.7 Å². The second-order valence-electron chi connectivity index (χ2n) is 5.54. The predicted octanol–water partition coefficient (Wildman–Crippen LogP) is 3.56. The smallest absolute Gasteiger partial charge is 0.179 e. The van der Waals surface area contributed by atoms with Gasteiger partial charge in [0, 0.05) is 0 Å². The Kier molecular flexibility index (Phi) is 3.44. The Morgan fingerprint density at radius 3 is 1.81 bits per heavy atom. The lowest BCUT2D eigenvalue weighted by Gasteiger charge is -2.22. The maximum absolute atomic E-state index is 9.11. The summed E-state index contributed by atoms with van der Waals surface area (Å²) in [5.41, 5.74) is 4.08. The highest BCUT2D eigenvalue weighted by molar-refractivity contribution is 5.89. The van der Waals surface area contributed by atoms with Crippen molar-refractivity contribution in [3.05, 3.63) is 59.4 Å². The van der Waals surface area contributed by atoms with Crippen LogP contribution in [-0.2, 0) is 0 Å². The van der Waals surface area contributed by atoms with Crippen LogP contribution in [-0.4, -0.2) is 9.97 Å². The maximum atomic E-state index is 9.11. The molecule has 2 aromatic carbocycles. The van der Waals surface area contributed by atoms with E-state index in [1.165, 1.54) is 0 Å². The van der Waals surface area contributed by atoms with E-state index in [4.69, 9.17) is 15.8 Å². The van der Waals surface area contributed by atoms with E-state index in [9.17, 15) is 0 Å². The molecule has 2 heterocycles. The van der Waals surface area contributed by atoms with Crippen molar-refractivity contribution in [2.45, 2.75) is 0 Å². The quantitative estimate of drug-likeness (QED) is 0.545. The zero-order valence-corrected chi connectivity index (χ0v) is 13.3. The number of nitrogens with one attached hydrogen (secondary N) is 2. The Morgan fingerprint density at radius 1 is 0.654 bits per heavy atom. The molecule has 0 saturated heterocycles. The second-order valence-corrected chi connectivity index (χ2v) is 5.54. The van der Waals surface area contributed by atoms with Crippen molar-refractivity contribution >= 4 is 23.0 Å². The summed E-state index contributed by atoms with van der Waals surface area (Å²) in [7, 11) is 0. The van der Waals surface area contributed by atoms with Crippen LogP contribution in [0.4, 0.5) is 23.0 Å². The molecule has 120 valence electrons. The maximum Gasteiger partial charge on any atom is 0.179 e. The molecule has 1 aliphatic heterocycles. The zero-order chi connectivity index (χ0) is 18.1. The van der Waals surface area contributed by atoms with Gasteiger partial charge in [0.25, 0.3) is 0 Å². The lowest BCUT2D eigenvalue weighted by atomic mass is 10.0. The van der Waals surface area contributed by atoms with Crippen molar-refractivity contribution < 1.29 is 0 Å². The molecule has 0 aliphatic carbocycles. The number of hydrogen-bond donors (Lipinski definition) is 2. The van der Waals surface area contributed by atoms with E-state index in [0.29, 0.717) is 17.2 Å². The minimum absolute atomic E-state index is 0.0156. The van der Waals surface area contributed by atoms with Crippen LogP contribution < -0.4 is 10.6 Å². The van der Waals surface area contributed by atoms with Crippen LogP contribution in [0.1, 0.15) is 17.0 Å². The molecule has 7 nitrogen and oxygen atoms in total. The first-order valence-electron chi connectivity index (χ1n) is 7.62. The van der Waals surface area contributed by atoms with Gasteiger partial charge in [-0.25, -0.2) is 9.97 Å². The number of aromatic nitrogens is 2. The van der Waals surface area contributed by atoms with Crippen molar-refractivity contribution in [3.63, 3.8) is 0 Å². The third-order valence-corrected chi connectivity index (χ3v) is 3.98. The molecule has 0 atom stereocenters. The SMILES string of the molecule is N#Cc1ccc(-c2ccc3c(c2)Nc2nc(C#N)c(C#N)nc2N3)cc1. The molecule has 0 saturated carbocycles. The lowest BCUT2D eigenvalue weighted by Crippen LogP contribution is -2.12. The van der Waals surface area contributed by atoms with E-state index in [1.54, 1.807) is 12.1 Å². The minimum atomic E-state index is -0.0211. The van der Waals surface area contributed by atoms with E-state index < -0.39 is 0 Å². The number of nitrogens with zero attached hydrogens (tertiary/aromatic N) is 5.